The van der Waals surface area contributed by atoms with E-state index < -0.39 is 11.6 Å². The largest absolute Gasteiger partial charge is 0.378 e. The second kappa shape index (κ2) is 5.49. The maximum atomic E-state index is 12.2. The van der Waals surface area contributed by atoms with Crippen molar-refractivity contribution < 1.29 is 14.3 Å². The molecule has 2 aliphatic rings. The van der Waals surface area contributed by atoms with Crippen LogP contribution < -0.4 is 5.32 Å². The predicted molar refractivity (Wildman–Crippen MR) is 71.6 cm³/mol. The molecule has 2 saturated heterocycles. The minimum absolute atomic E-state index is 0.0111. The molecule has 5 heteroatoms. The Morgan fingerprint density at radius 2 is 2.16 bits per heavy atom. The second-order valence-electron chi connectivity index (χ2n) is 6.02. The van der Waals surface area contributed by atoms with Gasteiger partial charge in [0.25, 0.3) is 0 Å². The van der Waals surface area contributed by atoms with Crippen LogP contribution in [0.5, 0.6) is 0 Å². The second-order valence-corrected chi connectivity index (χ2v) is 6.02. The molecule has 0 radical (unpaired) electrons. The van der Waals surface area contributed by atoms with Crippen LogP contribution in [0, 0.1) is 0 Å². The van der Waals surface area contributed by atoms with Crippen molar-refractivity contribution in [2.75, 3.05) is 13.2 Å². The van der Waals surface area contributed by atoms with Gasteiger partial charge in [0.15, 0.2) is 0 Å². The van der Waals surface area contributed by atoms with Gasteiger partial charge in [0.1, 0.15) is 11.6 Å². The zero-order chi connectivity index (χ0) is 14.0. The first-order chi connectivity index (χ1) is 8.93. The van der Waals surface area contributed by atoms with E-state index in [1.165, 1.54) is 0 Å². The minimum atomic E-state index is -0.750. The number of rotatable bonds is 4. The number of hydrogen-bond donors (Lipinski definition) is 1. The average Bonchev–Trinajstić information content (AvgIpc) is 2.84. The third kappa shape index (κ3) is 2.91. The average molecular weight is 268 g/mol. The van der Waals surface area contributed by atoms with E-state index >= 15 is 0 Å². The van der Waals surface area contributed by atoms with Crippen molar-refractivity contribution in [1.29, 1.82) is 0 Å². The van der Waals surface area contributed by atoms with Crippen molar-refractivity contribution in [3.05, 3.63) is 0 Å². The number of amides is 2. The number of piperazine rings is 1. The molecule has 108 valence electrons. The fourth-order valence-corrected chi connectivity index (χ4v) is 2.81. The molecule has 1 N–H and O–H groups in total. The monoisotopic (exact) mass is 268 g/mol. The number of ether oxygens (including phenoxy) is 1. The summed E-state index contributed by atoms with van der Waals surface area (Å²) < 4.78 is 5.58. The molecule has 0 aromatic heterocycles. The number of carbonyl (C=O) groups excluding carboxylic acids is 2. The Morgan fingerprint density at radius 3 is 2.79 bits per heavy atom. The van der Waals surface area contributed by atoms with Gasteiger partial charge < -0.3 is 15.0 Å². The Bertz CT molecular complexity index is 362. The van der Waals surface area contributed by atoms with Crippen molar-refractivity contribution >= 4 is 11.8 Å². The molecule has 5 nitrogen and oxygen atoms in total. The molecule has 0 bridgehead atoms. The van der Waals surface area contributed by atoms with Crippen molar-refractivity contribution in [3.63, 3.8) is 0 Å². The summed E-state index contributed by atoms with van der Waals surface area (Å²) in [6, 6.07) is -0.414. The summed E-state index contributed by atoms with van der Waals surface area (Å²) in [6.07, 6.45) is 4.46. The molecule has 0 saturated carbocycles. The summed E-state index contributed by atoms with van der Waals surface area (Å²) in [7, 11) is 0. The van der Waals surface area contributed by atoms with Crippen LogP contribution >= 0.6 is 0 Å². The molecule has 0 aliphatic carbocycles. The lowest BCUT2D eigenvalue weighted by atomic mass is 9.95. The Morgan fingerprint density at radius 1 is 1.42 bits per heavy atom. The number of hydrogen-bond acceptors (Lipinski definition) is 3. The topological polar surface area (TPSA) is 58.6 Å². The smallest absolute Gasteiger partial charge is 0.246 e. The Balaban J connectivity index is 1.91. The quantitative estimate of drug-likeness (QED) is 0.829. The first-order valence-corrected chi connectivity index (χ1v) is 7.17. The van der Waals surface area contributed by atoms with Gasteiger partial charge in [0.05, 0.1) is 6.10 Å². The highest BCUT2D eigenvalue weighted by Gasteiger charge is 2.44. The number of carbonyl (C=O) groups is 2. The summed E-state index contributed by atoms with van der Waals surface area (Å²) in [5, 5.41) is 2.73. The lowest BCUT2D eigenvalue weighted by molar-refractivity contribution is -0.154. The highest BCUT2D eigenvalue weighted by Crippen LogP contribution is 2.23. The molecule has 19 heavy (non-hydrogen) atoms. The molecule has 2 amide bonds. The zero-order valence-corrected chi connectivity index (χ0v) is 12.1. The van der Waals surface area contributed by atoms with E-state index in [4.69, 9.17) is 4.74 Å². The molecule has 2 fully saturated rings. The van der Waals surface area contributed by atoms with Crippen molar-refractivity contribution in [3.8, 4) is 0 Å². The van der Waals surface area contributed by atoms with Gasteiger partial charge in [-0.15, -0.1) is 0 Å². The van der Waals surface area contributed by atoms with E-state index in [-0.39, 0.29) is 11.8 Å². The SMILES string of the molecule is CC1NC(=O)C(C)(C)N(CCCC2CCCO2)C1=O. The van der Waals surface area contributed by atoms with E-state index in [1.54, 1.807) is 25.7 Å². The van der Waals surface area contributed by atoms with Crippen molar-refractivity contribution in [1.82, 2.24) is 10.2 Å². The van der Waals surface area contributed by atoms with E-state index in [2.05, 4.69) is 5.32 Å². The Hall–Kier alpha value is -1.10. The fourth-order valence-electron chi connectivity index (χ4n) is 2.81. The van der Waals surface area contributed by atoms with Crippen molar-refractivity contribution in [2.45, 2.75) is 64.1 Å². The van der Waals surface area contributed by atoms with E-state index in [1.807, 2.05) is 0 Å². The van der Waals surface area contributed by atoms with Crippen molar-refractivity contribution in [2.24, 2.45) is 0 Å². The van der Waals surface area contributed by atoms with Crippen LogP contribution in [0.25, 0.3) is 0 Å². The number of nitrogens with one attached hydrogen (secondary N) is 1. The van der Waals surface area contributed by atoms with Gasteiger partial charge in [0, 0.05) is 13.2 Å². The Kier molecular flexibility index (Phi) is 4.13. The normalized spacial score (nSPS) is 30.6. The van der Waals surface area contributed by atoms with Crippen LogP contribution in [0.4, 0.5) is 0 Å². The van der Waals surface area contributed by atoms with Gasteiger partial charge in [-0.25, -0.2) is 0 Å². The summed E-state index contributed by atoms with van der Waals surface area (Å²) in [5.41, 5.74) is -0.750. The highest BCUT2D eigenvalue weighted by molar-refractivity contribution is 5.99. The van der Waals surface area contributed by atoms with E-state index in [9.17, 15) is 9.59 Å². The molecule has 2 unspecified atom stereocenters. The van der Waals surface area contributed by atoms with Gasteiger partial charge in [-0.05, 0) is 46.5 Å². The van der Waals surface area contributed by atoms with Crippen LogP contribution in [0.15, 0.2) is 0 Å². The fraction of sp³-hybridized carbons (Fsp3) is 0.857. The zero-order valence-electron chi connectivity index (χ0n) is 12.1. The molecule has 0 spiro atoms. The van der Waals surface area contributed by atoms with E-state index in [0.29, 0.717) is 12.6 Å². The van der Waals surface area contributed by atoms with Crippen LogP contribution in [-0.2, 0) is 14.3 Å². The highest BCUT2D eigenvalue weighted by atomic mass is 16.5. The first-order valence-electron chi connectivity index (χ1n) is 7.17. The lowest BCUT2D eigenvalue weighted by Crippen LogP contribution is -2.67. The molecule has 2 rings (SSSR count). The molecule has 2 heterocycles. The van der Waals surface area contributed by atoms with Gasteiger partial charge in [-0.2, -0.15) is 0 Å². The molecule has 2 atom stereocenters. The maximum Gasteiger partial charge on any atom is 0.246 e. The summed E-state index contributed by atoms with van der Waals surface area (Å²) >= 11 is 0. The van der Waals surface area contributed by atoms with Gasteiger partial charge in [-0.1, -0.05) is 0 Å². The summed E-state index contributed by atoms with van der Waals surface area (Å²) in [6.45, 7) is 6.83. The van der Waals surface area contributed by atoms with Crippen LogP contribution in [0.1, 0.15) is 46.5 Å². The molecule has 0 aromatic rings. The first kappa shape index (κ1) is 14.3. The third-order valence-electron chi connectivity index (χ3n) is 4.15. The molecule has 2 aliphatic heterocycles. The standard InChI is InChI=1S/C14H24N2O3/c1-10-12(17)16(14(2,3)13(18)15-10)8-4-6-11-7-5-9-19-11/h10-11H,4-9H2,1-3H3,(H,15,18). The predicted octanol–water partition coefficient (Wildman–Crippen LogP) is 1.07. The van der Waals surface area contributed by atoms with Crippen LogP contribution in [0.3, 0.4) is 0 Å². The molecular weight excluding hydrogens is 244 g/mol. The number of nitrogens with zero attached hydrogens (tertiary/aromatic N) is 1. The summed E-state index contributed by atoms with van der Waals surface area (Å²) in [5.74, 6) is -0.0614. The van der Waals surface area contributed by atoms with Crippen LogP contribution in [-0.4, -0.2) is 47.6 Å². The minimum Gasteiger partial charge on any atom is -0.378 e. The Labute approximate surface area is 114 Å². The van der Waals surface area contributed by atoms with Gasteiger partial charge >= 0.3 is 0 Å². The maximum absolute atomic E-state index is 12.2. The van der Waals surface area contributed by atoms with E-state index in [0.717, 1.165) is 32.3 Å². The van der Waals surface area contributed by atoms with Gasteiger partial charge in [0.2, 0.25) is 11.8 Å². The lowest BCUT2D eigenvalue weighted by Gasteiger charge is -2.43. The van der Waals surface area contributed by atoms with Crippen LogP contribution in [0.2, 0.25) is 0 Å². The van der Waals surface area contributed by atoms with Gasteiger partial charge in [-0.3, -0.25) is 9.59 Å². The molecular formula is C14H24N2O3. The molecule has 0 aromatic carbocycles. The third-order valence-corrected chi connectivity index (χ3v) is 4.15. The summed E-state index contributed by atoms with van der Waals surface area (Å²) in [4.78, 5) is 25.9.